The zero-order valence-corrected chi connectivity index (χ0v) is 16.4. The highest BCUT2D eigenvalue weighted by molar-refractivity contribution is 7.89. The number of para-hydroxylation sites is 1. The molecular formula is C20H23N4O3S+. The third kappa shape index (κ3) is 3.46. The molecule has 1 aliphatic heterocycles. The summed E-state index contributed by atoms with van der Waals surface area (Å²) in [4.78, 5) is 21.4. The monoisotopic (exact) mass is 399 g/mol. The molecule has 2 aromatic carbocycles. The number of hydrogen-bond acceptors (Lipinski definition) is 4. The maximum atomic E-state index is 12.8. The number of aromatic nitrogens is 2. The first-order valence-electron chi connectivity index (χ1n) is 9.35. The Bertz CT molecular complexity index is 1140. The Morgan fingerprint density at radius 1 is 1.04 bits per heavy atom. The zero-order valence-electron chi connectivity index (χ0n) is 15.6. The fourth-order valence-corrected chi connectivity index (χ4v) is 5.15. The van der Waals surface area contributed by atoms with Crippen molar-refractivity contribution in [1.29, 1.82) is 0 Å². The molecule has 1 fully saturated rings. The summed E-state index contributed by atoms with van der Waals surface area (Å²) < 4.78 is 27.1. The van der Waals surface area contributed by atoms with E-state index in [2.05, 4.69) is 9.97 Å². The second kappa shape index (κ2) is 7.46. The number of quaternary nitrogens is 1. The summed E-state index contributed by atoms with van der Waals surface area (Å²) in [5, 5.41) is 0.576. The average Bonchev–Trinajstić information content (AvgIpc) is 2.74. The van der Waals surface area contributed by atoms with Crippen LogP contribution < -0.4 is 10.5 Å². The molecule has 0 spiro atoms. The molecule has 0 saturated carbocycles. The van der Waals surface area contributed by atoms with Gasteiger partial charge in [-0.2, -0.15) is 4.31 Å². The van der Waals surface area contributed by atoms with Gasteiger partial charge in [-0.3, -0.25) is 4.79 Å². The van der Waals surface area contributed by atoms with Crippen LogP contribution in [0.2, 0.25) is 0 Å². The number of rotatable bonds is 4. The molecule has 28 heavy (non-hydrogen) atoms. The lowest BCUT2D eigenvalue weighted by molar-refractivity contribution is -0.933. The number of benzene rings is 2. The summed E-state index contributed by atoms with van der Waals surface area (Å²) in [7, 11) is -3.46. The van der Waals surface area contributed by atoms with Gasteiger partial charge in [-0.15, -0.1) is 0 Å². The number of nitrogens with zero attached hydrogens (tertiary/aromatic N) is 2. The van der Waals surface area contributed by atoms with Crippen molar-refractivity contribution >= 4 is 20.9 Å². The van der Waals surface area contributed by atoms with Crippen LogP contribution in [-0.2, 0) is 10.0 Å². The third-order valence-electron chi connectivity index (χ3n) is 5.40. The fraction of sp³-hybridized carbons (Fsp3) is 0.300. The maximum Gasteiger partial charge on any atom is 0.258 e. The second-order valence-corrected chi connectivity index (χ2v) is 9.00. The summed E-state index contributed by atoms with van der Waals surface area (Å²) in [6.45, 7) is 4.21. The van der Waals surface area contributed by atoms with Crippen molar-refractivity contribution in [2.45, 2.75) is 17.9 Å². The van der Waals surface area contributed by atoms with Gasteiger partial charge in [-0.25, -0.2) is 13.4 Å². The lowest BCUT2D eigenvalue weighted by Gasteiger charge is -2.34. The lowest BCUT2D eigenvalue weighted by Crippen LogP contribution is -3.14. The average molecular weight is 399 g/mol. The highest BCUT2D eigenvalue weighted by Crippen LogP contribution is 2.15. The molecule has 3 aromatic rings. The van der Waals surface area contributed by atoms with Crippen LogP contribution in [0.3, 0.4) is 0 Å². The molecule has 1 saturated heterocycles. The number of aromatic amines is 1. The van der Waals surface area contributed by atoms with Gasteiger partial charge in [0.25, 0.3) is 5.56 Å². The largest absolute Gasteiger partial charge is 0.324 e. The van der Waals surface area contributed by atoms with Gasteiger partial charge in [0.15, 0.2) is 5.82 Å². The zero-order chi connectivity index (χ0) is 19.7. The van der Waals surface area contributed by atoms with Gasteiger partial charge in [0, 0.05) is 0 Å². The van der Waals surface area contributed by atoms with E-state index in [1.54, 1.807) is 36.4 Å². The molecule has 0 amide bonds. The van der Waals surface area contributed by atoms with E-state index in [-0.39, 0.29) is 11.6 Å². The van der Waals surface area contributed by atoms with Gasteiger partial charge in [0.05, 0.1) is 42.0 Å². The van der Waals surface area contributed by atoms with E-state index in [1.807, 2.05) is 25.1 Å². The molecule has 1 aliphatic rings. The predicted molar refractivity (Wildman–Crippen MR) is 107 cm³/mol. The van der Waals surface area contributed by atoms with Crippen molar-refractivity contribution in [2.75, 3.05) is 26.2 Å². The van der Waals surface area contributed by atoms with Crippen LogP contribution in [0, 0.1) is 0 Å². The highest BCUT2D eigenvalue weighted by atomic mass is 32.2. The first-order valence-corrected chi connectivity index (χ1v) is 10.8. The van der Waals surface area contributed by atoms with Crippen molar-refractivity contribution in [1.82, 2.24) is 14.3 Å². The minimum absolute atomic E-state index is 0.0288. The molecule has 0 bridgehead atoms. The summed E-state index contributed by atoms with van der Waals surface area (Å²) in [6.07, 6.45) is 0. The van der Waals surface area contributed by atoms with Crippen LogP contribution >= 0.6 is 0 Å². The van der Waals surface area contributed by atoms with Crippen molar-refractivity contribution < 1.29 is 13.3 Å². The Morgan fingerprint density at radius 2 is 1.68 bits per heavy atom. The van der Waals surface area contributed by atoms with Crippen LogP contribution in [0.15, 0.2) is 64.3 Å². The molecule has 0 unspecified atom stereocenters. The fourth-order valence-electron chi connectivity index (χ4n) is 3.69. The van der Waals surface area contributed by atoms with Crippen LogP contribution in [0.25, 0.3) is 10.9 Å². The summed E-state index contributed by atoms with van der Waals surface area (Å²) in [5.74, 6) is 0.637. The number of H-pyrrole nitrogens is 1. The third-order valence-corrected chi connectivity index (χ3v) is 7.31. The van der Waals surface area contributed by atoms with Crippen molar-refractivity contribution in [3.05, 3.63) is 70.8 Å². The van der Waals surface area contributed by atoms with Crippen LogP contribution in [0.4, 0.5) is 0 Å². The highest BCUT2D eigenvalue weighted by Gasteiger charge is 2.33. The number of piperazine rings is 1. The van der Waals surface area contributed by atoms with Crippen molar-refractivity contribution in [3.8, 4) is 0 Å². The Kier molecular flexibility index (Phi) is 5.01. The predicted octanol–water partition coefficient (Wildman–Crippen LogP) is 0.574. The Morgan fingerprint density at radius 3 is 2.39 bits per heavy atom. The van der Waals surface area contributed by atoms with Crippen molar-refractivity contribution in [3.63, 3.8) is 0 Å². The van der Waals surface area contributed by atoms with Crippen LogP contribution in [-0.4, -0.2) is 48.9 Å². The minimum Gasteiger partial charge on any atom is -0.324 e. The van der Waals surface area contributed by atoms with Gasteiger partial charge in [0.2, 0.25) is 10.0 Å². The van der Waals surface area contributed by atoms with Gasteiger partial charge < -0.3 is 9.88 Å². The molecule has 146 valence electrons. The molecule has 0 radical (unpaired) electrons. The summed E-state index contributed by atoms with van der Waals surface area (Å²) >= 11 is 0. The molecule has 4 rings (SSSR count). The molecule has 1 aromatic heterocycles. The van der Waals surface area contributed by atoms with E-state index in [1.165, 1.54) is 9.21 Å². The standard InChI is InChI=1S/C20H22N4O3S/c1-15(19-21-18-10-6-5-9-17(18)20(25)22-19)23-11-13-24(14-12-23)28(26,27)16-7-3-2-4-8-16/h2-10,15H,11-14H2,1H3,(H,21,22,25)/p+1/t15-/m1/s1. The molecule has 7 nitrogen and oxygen atoms in total. The molecule has 1 atom stereocenters. The van der Waals surface area contributed by atoms with E-state index < -0.39 is 10.0 Å². The minimum atomic E-state index is -3.46. The maximum absolute atomic E-state index is 12.8. The Hall–Kier alpha value is -2.55. The Labute approximate surface area is 163 Å². The SMILES string of the molecule is C[C@H](c1nc2ccccc2c(=O)[nH]1)[NH+]1CCN(S(=O)(=O)c2ccccc2)CC1. The first-order chi connectivity index (χ1) is 13.5. The summed E-state index contributed by atoms with van der Waals surface area (Å²) in [5.41, 5.74) is 0.537. The normalized spacial score (nSPS) is 17.6. The number of hydrogen-bond donors (Lipinski definition) is 2. The topological polar surface area (TPSA) is 87.6 Å². The van der Waals surface area contributed by atoms with E-state index in [0.29, 0.717) is 47.8 Å². The molecule has 2 N–H and O–H groups in total. The van der Waals surface area contributed by atoms with Gasteiger partial charge in [-0.05, 0) is 31.2 Å². The number of sulfonamides is 1. The quantitative estimate of drug-likeness (QED) is 0.672. The molecule has 0 aliphatic carbocycles. The smallest absolute Gasteiger partial charge is 0.258 e. The van der Waals surface area contributed by atoms with Gasteiger partial charge in [0.1, 0.15) is 6.04 Å². The lowest BCUT2D eigenvalue weighted by atomic mass is 10.2. The van der Waals surface area contributed by atoms with E-state index in [4.69, 9.17) is 0 Å². The van der Waals surface area contributed by atoms with E-state index >= 15 is 0 Å². The molecule has 8 heteroatoms. The second-order valence-electron chi connectivity index (χ2n) is 7.07. The number of fused-ring (bicyclic) bond motifs is 1. The van der Waals surface area contributed by atoms with E-state index in [9.17, 15) is 13.2 Å². The van der Waals surface area contributed by atoms with Crippen LogP contribution in [0.5, 0.6) is 0 Å². The van der Waals surface area contributed by atoms with Crippen molar-refractivity contribution in [2.24, 2.45) is 0 Å². The summed E-state index contributed by atoms with van der Waals surface area (Å²) in [6, 6.07) is 15.8. The van der Waals surface area contributed by atoms with E-state index in [0.717, 1.165) is 0 Å². The first kappa shape index (κ1) is 18.8. The van der Waals surface area contributed by atoms with Crippen LogP contribution in [0.1, 0.15) is 18.8 Å². The van der Waals surface area contributed by atoms with Gasteiger partial charge >= 0.3 is 0 Å². The number of nitrogens with one attached hydrogen (secondary N) is 2. The van der Waals surface area contributed by atoms with Gasteiger partial charge in [-0.1, -0.05) is 30.3 Å². The molecule has 2 heterocycles. The molecular weight excluding hydrogens is 376 g/mol. The Balaban J connectivity index is 1.50.